The van der Waals surface area contributed by atoms with E-state index < -0.39 is 80.9 Å². The number of Topliss-reactive ketones (excluding diaryl/α,β-unsaturated/α-hetero) is 1. The van der Waals surface area contributed by atoms with Crippen LogP contribution in [0, 0.1) is 22.7 Å². The molecular formula is C35H62O8Si2. The third-order valence-corrected chi connectivity index (χ3v) is 23.0. The van der Waals surface area contributed by atoms with Gasteiger partial charge in [0.1, 0.15) is 12.2 Å². The number of hydrogen-bond acceptors (Lipinski definition) is 8. The first-order chi connectivity index (χ1) is 20.9. The van der Waals surface area contributed by atoms with Gasteiger partial charge in [-0.2, -0.15) is 0 Å². The smallest absolute Gasteiger partial charge is 0.303 e. The van der Waals surface area contributed by atoms with Gasteiger partial charge in [0.05, 0.1) is 29.8 Å². The lowest BCUT2D eigenvalue weighted by atomic mass is 9.42. The Bertz CT molecular complexity index is 1160. The summed E-state index contributed by atoms with van der Waals surface area (Å²) in [5.74, 6) is -1.68. The molecule has 9 atom stereocenters. The Morgan fingerprint density at radius 1 is 0.956 bits per heavy atom. The molecule has 3 aliphatic carbocycles. The number of esters is 1. The van der Waals surface area contributed by atoms with Gasteiger partial charge in [-0.05, 0) is 67.2 Å². The molecule has 0 spiro atoms. The third-order valence-electron chi connectivity index (χ3n) is 13.8. The number of ketones is 1. The Labute approximate surface area is 274 Å². The van der Waals surface area contributed by atoms with Crippen molar-refractivity contribution in [1.82, 2.24) is 0 Å². The normalized spacial score (nSPS) is 39.7. The zero-order valence-electron chi connectivity index (χ0n) is 30.2. The maximum absolute atomic E-state index is 15.9. The summed E-state index contributed by atoms with van der Waals surface area (Å²) in [6.07, 6.45) is -2.29. The van der Waals surface area contributed by atoms with Crippen molar-refractivity contribution in [2.24, 2.45) is 22.7 Å². The monoisotopic (exact) mass is 666 g/mol. The predicted molar refractivity (Wildman–Crippen MR) is 181 cm³/mol. The molecule has 2 bridgehead atoms. The molecule has 0 radical (unpaired) electrons. The Morgan fingerprint density at radius 3 is 1.91 bits per heavy atom. The lowest BCUT2D eigenvalue weighted by Crippen LogP contribution is -2.80. The number of rotatable bonds is 11. The van der Waals surface area contributed by atoms with E-state index in [0.29, 0.717) is 12.0 Å². The highest BCUT2D eigenvalue weighted by Crippen LogP contribution is 2.66. The van der Waals surface area contributed by atoms with E-state index in [4.69, 9.17) is 18.3 Å². The summed E-state index contributed by atoms with van der Waals surface area (Å²) in [7, 11) is -4.64. The van der Waals surface area contributed by atoms with Crippen LogP contribution in [0.2, 0.25) is 36.3 Å². The van der Waals surface area contributed by atoms with Crippen LogP contribution in [0.3, 0.4) is 0 Å². The van der Waals surface area contributed by atoms with Crippen molar-refractivity contribution in [3.63, 3.8) is 0 Å². The van der Waals surface area contributed by atoms with E-state index in [1.54, 1.807) is 0 Å². The SMILES string of the molecule is CC[Si](CC)(CC)OC1C(=O)[C@]2(C)C(O[Si](CC)(CC)CC)CC3OCC3(OC(C)=O)C2C(C)C2(O)CC(O)C(C)=C1C2(C)C. The summed E-state index contributed by atoms with van der Waals surface area (Å²) in [6, 6.07) is 5.32. The van der Waals surface area contributed by atoms with Gasteiger partial charge in [0.15, 0.2) is 28.0 Å². The van der Waals surface area contributed by atoms with E-state index >= 15 is 4.79 Å². The maximum Gasteiger partial charge on any atom is 0.303 e. The van der Waals surface area contributed by atoms with Gasteiger partial charge >= 0.3 is 5.97 Å². The summed E-state index contributed by atoms with van der Waals surface area (Å²) in [4.78, 5) is 28.7. The average molecular weight is 667 g/mol. The second-order valence-electron chi connectivity index (χ2n) is 15.5. The van der Waals surface area contributed by atoms with Crippen LogP contribution in [0.4, 0.5) is 0 Å². The molecule has 0 aromatic heterocycles. The average Bonchev–Trinajstić information content (AvgIpc) is 2.99. The van der Waals surface area contributed by atoms with Crippen molar-refractivity contribution in [2.45, 2.75) is 168 Å². The first-order valence-electron chi connectivity index (χ1n) is 17.7. The highest BCUT2D eigenvalue weighted by Gasteiger charge is 2.76. The molecule has 3 fully saturated rings. The summed E-state index contributed by atoms with van der Waals surface area (Å²) >= 11 is 0. The van der Waals surface area contributed by atoms with Crippen LogP contribution in [0.1, 0.15) is 95.9 Å². The van der Waals surface area contributed by atoms with Crippen LogP contribution in [-0.4, -0.2) is 80.8 Å². The second kappa shape index (κ2) is 12.5. The van der Waals surface area contributed by atoms with Crippen LogP contribution >= 0.6 is 0 Å². The van der Waals surface area contributed by atoms with Crippen molar-refractivity contribution in [2.75, 3.05) is 6.61 Å². The lowest BCUT2D eigenvalue weighted by molar-refractivity contribution is -0.337. The van der Waals surface area contributed by atoms with Crippen LogP contribution in [0.25, 0.3) is 0 Å². The molecule has 1 heterocycles. The highest BCUT2D eigenvalue weighted by atomic mass is 28.4. The van der Waals surface area contributed by atoms with E-state index in [9.17, 15) is 15.0 Å². The number of carbonyl (C=O) groups excluding carboxylic acids is 2. The summed E-state index contributed by atoms with van der Waals surface area (Å²) in [5.41, 5.74) is -3.18. The van der Waals surface area contributed by atoms with Gasteiger partial charge in [0.25, 0.3) is 0 Å². The predicted octanol–water partition coefficient (Wildman–Crippen LogP) is 6.55. The molecule has 0 amide bonds. The molecule has 8 nitrogen and oxygen atoms in total. The van der Waals surface area contributed by atoms with Crippen LogP contribution in [0.15, 0.2) is 11.1 Å². The molecule has 45 heavy (non-hydrogen) atoms. The Hall–Kier alpha value is -0.886. The van der Waals surface area contributed by atoms with Crippen molar-refractivity contribution >= 4 is 28.4 Å². The Balaban J connectivity index is 2.10. The summed E-state index contributed by atoms with van der Waals surface area (Å²) in [6.45, 7) is 24.5. The van der Waals surface area contributed by atoms with E-state index in [1.807, 2.05) is 34.6 Å². The molecule has 0 aromatic rings. The number of fused-ring (bicyclic) bond motifs is 5. The fraction of sp³-hybridized carbons (Fsp3) is 0.886. The molecule has 10 heteroatoms. The Kier molecular flexibility index (Phi) is 10.3. The third kappa shape index (κ3) is 5.22. The topological polar surface area (TPSA) is 112 Å². The molecule has 2 N–H and O–H groups in total. The minimum atomic E-state index is -2.40. The molecule has 4 aliphatic rings. The minimum absolute atomic E-state index is 0.0711. The fourth-order valence-electron chi connectivity index (χ4n) is 10.2. The van der Waals surface area contributed by atoms with E-state index in [1.165, 1.54) is 6.92 Å². The molecule has 1 saturated heterocycles. The number of aliphatic hydroxyl groups is 2. The summed E-state index contributed by atoms with van der Waals surface area (Å²) in [5, 5.41) is 24.7. The number of carbonyl (C=O) groups is 2. The van der Waals surface area contributed by atoms with Crippen LogP contribution < -0.4 is 0 Å². The van der Waals surface area contributed by atoms with Crippen molar-refractivity contribution in [1.29, 1.82) is 0 Å². The standard InChI is InChI=1S/C35H62O8Si2/c1-13-44(14-2,15-3)42-26-19-27-34(21-40-27,41-24(9)36)30-23(8)35(39)20-25(37)22(7)28(32(35,10)11)29(31(38)33(26,30)12)43-45(16-4,17-5)18-6/h23,25-27,29-30,37,39H,13-21H2,1-12H3/t23?,25?,26?,27?,29?,30?,33-,34?,35?/m1/s1. The van der Waals surface area contributed by atoms with Gasteiger partial charge in [-0.15, -0.1) is 0 Å². The minimum Gasteiger partial charge on any atom is -0.454 e. The van der Waals surface area contributed by atoms with E-state index in [2.05, 4.69) is 41.5 Å². The van der Waals surface area contributed by atoms with Gasteiger partial charge in [-0.1, -0.05) is 62.3 Å². The maximum atomic E-state index is 15.9. The first kappa shape index (κ1) is 36.9. The number of hydrogen-bond donors (Lipinski definition) is 2. The van der Waals surface area contributed by atoms with Crippen molar-refractivity contribution in [3.8, 4) is 0 Å². The van der Waals surface area contributed by atoms with Gasteiger partial charge in [0, 0.05) is 31.1 Å². The molecule has 0 aromatic carbocycles. The van der Waals surface area contributed by atoms with Gasteiger partial charge < -0.3 is 28.5 Å². The quantitative estimate of drug-likeness (QED) is 0.145. The molecule has 1 aliphatic heterocycles. The zero-order chi connectivity index (χ0) is 34.0. The molecule has 2 saturated carbocycles. The molecule has 4 rings (SSSR count). The lowest BCUT2D eigenvalue weighted by Gasteiger charge is -2.69. The van der Waals surface area contributed by atoms with E-state index in [-0.39, 0.29) is 18.8 Å². The van der Waals surface area contributed by atoms with Gasteiger partial charge in [-0.3, -0.25) is 9.59 Å². The largest absolute Gasteiger partial charge is 0.454 e. The first-order valence-corrected chi connectivity index (χ1v) is 22.8. The zero-order valence-corrected chi connectivity index (χ0v) is 32.2. The van der Waals surface area contributed by atoms with Crippen LogP contribution in [0.5, 0.6) is 0 Å². The Morgan fingerprint density at radius 2 is 1.47 bits per heavy atom. The summed E-state index contributed by atoms with van der Waals surface area (Å²) < 4.78 is 27.1. The fourth-order valence-corrected chi connectivity index (χ4v) is 15.8. The highest BCUT2D eigenvalue weighted by molar-refractivity contribution is 6.74. The van der Waals surface area contributed by atoms with Gasteiger partial charge in [-0.25, -0.2) is 0 Å². The molecular weight excluding hydrogens is 605 g/mol. The molecule has 258 valence electrons. The van der Waals surface area contributed by atoms with Crippen molar-refractivity contribution < 1.29 is 38.1 Å². The van der Waals surface area contributed by atoms with Gasteiger partial charge in [0.2, 0.25) is 0 Å². The van der Waals surface area contributed by atoms with Crippen LogP contribution in [-0.2, 0) is 27.9 Å². The molecule has 8 unspecified atom stereocenters. The number of aliphatic hydroxyl groups excluding tert-OH is 1. The van der Waals surface area contributed by atoms with E-state index in [0.717, 1.165) is 41.8 Å². The number of ether oxygens (including phenoxy) is 2. The second-order valence-corrected chi connectivity index (χ2v) is 24.9. The van der Waals surface area contributed by atoms with Crippen molar-refractivity contribution in [3.05, 3.63) is 11.1 Å².